The lowest BCUT2D eigenvalue weighted by Crippen LogP contribution is -2.35. The summed E-state index contributed by atoms with van der Waals surface area (Å²) in [5.74, 6) is -0.232. The zero-order valence-electron chi connectivity index (χ0n) is 11.8. The minimum atomic E-state index is -0.594. The summed E-state index contributed by atoms with van der Waals surface area (Å²) in [5.41, 5.74) is 6.60. The van der Waals surface area contributed by atoms with Crippen LogP contribution < -0.4 is 16.4 Å². The number of halogens is 1. The highest BCUT2D eigenvalue weighted by atomic mass is 35.5. The maximum absolute atomic E-state index is 12.0. The van der Waals surface area contributed by atoms with Crippen LogP contribution in [0.4, 0.5) is 10.6 Å². The number of nitrogens with zero attached hydrogens (tertiary/aromatic N) is 1. The summed E-state index contributed by atoms with van der Waals surface area (Å²) in [4.78, 5) is 23.2. The van der Waals surface area contributed by atoms with Gasteiger partial charge in [0.15, 0.2) is 5.82 Å². The maximum Gasteiger partial charge on any atom is 0.321 e. The van der Waals surface area contributed by atoms with Gasteiger partial charge in [-0.3, -0.25) is 10.1 Å². The molecular weight excluding hydrogens is 308 g/mol. The van der Waals surface area contributed by atoms with E-state index in [9.17, 15) is 9.59 Å². The normalized spacial score (nSPS) is 11.7. The lowest BCUT2D eigenvalue weighted by atomic mass is 10.0. The molecule has 0 bridgehead atoms. The van der Waals surface area contributed by atoms with E-state index >= 15 is 0 Å². The van der Waals surface area contributed by atoms with Gasteiger partial charge in [0.2, 0.25) is 5.91 Å². The summed E-state index contributed by atoms with van der Waals surface area (Å²) in [5, 5.41) is 9.36. The van der Waals surface area contributed by atoms with Gasteiger partial charge < -0.3 is 15.6 Å². The number of carbonyl (C=O) groups excluding carboxylic acids is 2. The van der Waals surface area contributed by atoms with Crippen molar-refractivity contribution < 1.29 is 14.1 Å². The molecule has 2 aromatic rings. The van der Waals surface area contributed by atoms with Crippen molar-refractivity contribution in [3.8, 4) is 0 Å². The Hall–Kier alpha value is -2.54. The molecular formula is C14H15ClN4O3. The van der Waals surface area contributed by atoms with Crippen LogP contribution in [0.25, 0.3) is 0 Å². The fourth-order valence-electron chi connectivity index (χ4n) is 1.89. The largest absolute Gasteiger partial charge is 0.370 e. The molecule has 1 heterocycles. The number of nitrogens with one attached hydrogen (secondary N) is 2. The Morgan fingerprint density at radius 1 is 1.45 bits per heavy atom. The Bertz CT molecular complexity index is 686. The van der Waals surface area contributed by atoms with E-state index in [1.54, 1.807) is 31.2 Å². The number of primary amides is 1. The van der Waals surface area contributed by atoms with E-state index in [0.29, 0.717) is 22.0 Å². The first kappa shape index (κ1) is 15.8. The molecule has 3 amide bonds. The Morgan fingerprint density at radius 2 is 2.23 bits per heavy atom. The molecule has 8 heteroatoms. The summed E-state index contributed by atoms with van der Waals surface area (Å²) in [6.45, 7) is 1.74. The van der Waals surface area contributed by atoms with Crippen LogP contribution in [-0.2, 0) is 4.79 Å². The van der Waals surface area contributed by atoms with Gasteiger partial charge >= 0.3 is 6.03 Å². The molecule has 1 aromatic carbocycles. The number of amides is 3. The Labute approximate surface area is 131 Å². The molecule has 0 aliphatic carbocycles. The zero-order chi connectivity index (χ0) is 16.1. The highest BCUT2D eigenvalue weighted by molar-refractivity contribution is 6.30. The van der Waals surface area contributed by atoms with Gasteiger partial charge in [-0.2, -0.15) is 0 Å². The van der Waals surface area contributed by atoms with Gasteiger partial charge in [-0.1, -0.05) is 28.9 Å². The molecule has 0 unspecified atom stereocenters. The molecule has 7 nitrogen and oxygen atoms in total. The molecule has 2 rings (SSSR count). The minimum absolute atomic E-state index is 0.0500. The van der Waals surface area contributed by atoms with Crippen molar-refractivity contribution >= 4 is 29.4 Å². The van der Waals surface area contributed by atoms with Gasteiger partial charge in [-0.15, -0.1) is 0 Å². The second-order valence-corrected chi connectivity index (χ2v) is 5.16. The third kappa shape index (κ3) is 4.23. The number of carbonyl (C=O) groups is 2. The highest BCUT2D eigenvalue weighted by Gasteiger charge is 2.18. The molecule has 0 saturated carbocycles. The third-order valence-electron chi connectivity index (χ3n) is 2.94. The SMILES string of the molecule is Cc1conc1NC(=O)N[C@H](CC(N)=O)c1cccc(Cl)c1. The third-order valence-corrected chi connectivity index (χ3v) is 3.18. The first-order valence-corrected chi connectivity index (χ1v) is 6.85. The number of hydrogen-bond donors (Lipinski definition) is 3. The van der Waals surface area contributed by atoms with Crippen molar-refractivity contribution in [1.82, 2.24) is 10.5 Å². The minimum Gasteiger partial charge on any atom is -0.370 e. The fraction of sp³-hybridized carbons (Fsp3) is 0.214. The number of benzene rings is 1. The molecule has 0 spiro atoms. The number of anilines is 1. The van der Waals surface area contributed by atoms with Gasteiger partial charge in [0, 0.05) is 10.6 Å². The van der Waals surface area contributed by atoms with E-state index in [0.717, 1.165) is 0 Å². The number of rotatable bonds is 5. The standard InChI is InChI=1S/C14H15ClN4O3/c1-8-7-22-19-13(8)18-14(21)17-11(6-12(16)20)9-3-2-4-10(15)5-9/h2-5,7,11H,6H2,1H3,(H2,16,20)(H2,17,18,19,21)/t11-/m1/s1. The van der Waals surface area contributed by atoms with Crippen molar-refractivity contribution in [2.24, 2.45) is 5.73 Å². The van der Waals surface area contributed by atoms with Gasteiger partial charge in [-0.05, 0) is 24.6 Å². The molecule has 0 fully saturated rings. The monoisotopic (exact) mass is 322 g/mol. The van der Waals surface area contributed by atoms with Crippen LogP contribution in [0.15, 0.2) is 35.1 Å². The van der Waals surface area contributed by atoms with E-state index < -0.39 is 18.0 Å². The predicted molar refractivity (Wildman–Crippen MR) is 81.4 cm³/mol. The molecule has 0 aliphatic rings. The van der Waals surface area contributed by atoms with E-state index in [2.05, 4.69) is 15.8 Å². The Balaban J connectivity index is 2.11. The molecule has 116 valence electrons. The van der Waals surface area contributed by atoms with Crippen LogP contribution >= 0.6 is 11.6 Å². The van der Waals surface area contributed by atoms with Gasteiger partial charge in [-0.25, -0.2) is 4.79 Å². The Kier molecular flexibility index (Phi) is 5.00. The number of aryl methyl sites for hydroxylation is 1. The van der Waals surface area contributed by atoms with Crippen LogP contribution in [0.1, 0.15) is 23.6 Å². The Morgan fingerprint density at radius 3 is 2.82 bits per heavy atom. The number of urea groups is 1. The summed E-state index contributed by atoms with van der Waals surface area (Å²) in [6.07, 6.45) is 1.36. The van der Waals surface area contributed by atoms with Gasteiger partial charge in [0.25, 0.3) is 0 Å². The van der Waals surface area contributed by atoms with Crippen molar-refractivity contribution in [1.29, 1.82) is 0 Å². The lowest BCUT2D eigenvalue weighted by molar-refractivity contribution is -0.118. The zero-order valence-corrected chi connectivity index (χ0v) is 12.6. The van der Waals surface area contributed by atoms with Crippen LogP contribution in [0.5, 0.6) is 0 Å². The maximum atomic E-state index is 12.0. The van der Waals surface area contributed by atoms with Crippen LogP contribution in [-0.4, -0.2) is 17.1 Å². The predicted octanol–water partition coefficient (Wildman–Crippen LogP) is 2.37. The van der Waals surface area contributed by atoms with Crippen molar-refractivity contribution in [3.63, 3.8) is 0 Å². The molecule has 0 aliphatic heterocycles. The first-order chi connectivity index (χ1) is 10.5. The molecule has 4 N–H and O–H groups in total. The molecule has 1 atom stereocenters. The molecule has 0 radical (unpaired) electrons. The number of nitrogens with two attached hydrogens (primary N) is 1. The topological polar surface area (TPSA) is 110 Å². The average Bonchev–Trinajstić information content (AvgIpc) is 2.83. The molecule has 0 saturated heterocycles. The van der Waals surface area contributed by atoms with Crippen LogP contribution in [0.3, 0.4) is 0 Å². The summed E-state index contributed by atoms with van der Waals surface area (Å²) in [7, 11) is 0. The van der Waals surface area contributed by atoms with E-state index in [-0.39, 0.29) is 6.42 Å². The van der Waals surface area contributed by atoms with E-state index in [1.165, 1.54) is 6.26 Å². The first-order valence-electron chi connectivity index (χ1n) is 6.48. The smallest absolute Gasteiger partial charge is 0.321 e. The number of hydrogen-bond acceptors (Lipinski definition) is 4. The van der Waals surface area contributed by atoms with Gasteiger partial charge in [0.1, 0.15) is 6.26 Å². The average molecular weight is 323 g/mol. The molecule has 22 heavy (non-hydrogen) atoms. The summed E-state index contributed by atoms with van der Waals surface area (Å²) in [6, 6.07) is 5.72. The second-order valence-electron chi connectivity index (χ2n) is 4.72. The van der Waals surface area contributed by atoms with Crippen molar-refractivity contribution in [2.45, 2.75) is 19.4 Å². The van der Waals surface area contributed by atoms with E-state index in [1.807, 2.05) is 0 Å². The van der Waals surface area contributed by atoms with Crippen molar-refractivity contribution in [3.05, 3.63) is 46.7 Å². The number of aromatic nitrogens is 1. The second kappa shape index (κ2) is 6.95. The van der Waals surface area contributed by atoms with Crippen LogP contribution in [0.2, 0.25) is 5.02 Å². The van der Waals surface area contributed by atoms with Crippen molar-refractivity contribution in [2.75, 3.05) is 5.32 Å². The van der Waals surface area contributed by atoms with Crippen LogP contribution in [0, 0.1) is 6.92 Å². The van der Waals surface area contributed by atoms with Gasteiger partial charge in [0.05, 0.1) is 12.5 Å². The summed E-state index contributed by atoms with van der Waals surface area (Å²) < 4.78 is 4.73. The molecule has 1 aromatic heterocycles. The highest BCUT2D eigenvalue weighted by Crippen LogP contribution is 2.21. The summed E-state index contributed by atoms with van der Waals surface area (Å²) >= 11 is 5.93. The lowest BCUT2D eigenvalue weighted by Gasteiger charge is -2.18. The van der Waals surface area contributed by atoms with E-state index in [4.69, 9.17) is 21.9 Å². The quantitative estimate of drug-likeness (QED) is 0.784. The fourth-order valence-corrected chi connectivity index (χ4v) is 2.08.